The van der Waals surface area contributed by atoms with Crippen molar-refractivity contribution in [2.75, 3.05) is 0 Å². The zero-order valence-electron chi connectivity index (χ0n) is 11.1. The number of benzene rings is 2. The van der Waals surface area contributed by atoms with Crippen LogP contribution in [-0.4, -0.2) is 5.91 Å². The van der Waals surface area contributed by atoms with Gasteiger partial charge in [0.25, 0.3) is 5.91 Å². The van der Waals surface area contributed by atoms with Crippen molar-refractivity contribution in [2.24, 2.45) is 0 Å². The maximum absolute atomic E-state index is 13.1. The first-order valence-electron chi connectivity index (χ1n) is 6.46. The molecule has 0 radical (unpaired) electrons. The summed E-state index contributed by atoms with van der Waals surface area (Å²) in [5, 5.41) is 2.95. The van der Waals surface area contributed by atoms with Gasteiger partial charge >= 0.3 is 0 Å². The molecule has 2 aromatic carbocycles. The van der Waals surface area contributed by atoms with Gasteiger partial charge in [-0.15, -0.1) is 12.6 Å². The summed E-state index contributed by atoms with van der Waals surface area (Å²) in [5.41, 5.74) is 1.46. The maximum atomic E-state index is 13.1. The van der Waals surface area contributed by atoms with Gasteiger partial charge in [0.1, 0.15) is 5.82 Å². The second kappa shape index (κ2) is 6.57. The van der Waals surface area contributed by atoms with Crippen LogP contribution in [0.25, 0.3) is 0 Å². The third kappa shape index (κ3) is 3.39. The van der Waals surface area contributed by atoms with Crippen molar-refractivity contribution in [1.29, 1.82) is 0 Å². The third-order valence-corrected chi connectivity index (χ3v) is 3.47. The van der Waals surface area contributed by atoms with Gasteiger partial charge in [-0.25, -0.2) is 4.39 Å². The second-order valence-electron chi connectivity index (χ2n) is 4.51. The van der Waals surface area contributed by atoms with E-state index < -0.39 is 5.82 Å². The number of rotatable bonds is 4. The average Bonchev–Trinajstić information content (AvgIpc) is 2.48. The summed E-state index contributed by atoms with van der Waals surface area (Å²) >= 11 is 3.99. The van der Waals surface area contributed by atoms with Crippen LogP contribution in [0.15, 0.2) is 53.4 Å². The van der Waals surface area contributed by atoms with E-state index in [1.807, 2.05) is 37.3 Å². The van der Waals surface area contributed by atoms with Crippen LogP contribution in [0.1, 0.15) is 35.3 Å². The molecule has 104 valence electrons. The van der Waals surface area contributed by atoms with Crippen LogP contribution in [-0.2, 0) is 0 Å². The Balaban J connectivity index is 2.15. The van der Waals surface area contributed by atoms with Crippen molar-refractivity contribution in [3.8, 4) is 0 Å². The van der Waals surface area contributed by atoms with Crippen LogP contribution in [0.2, 0.25) is 0 Å². The lowest BCUT2D eigenvalue weighted by Crippen LogP contribution is -2.28. The predicted molar refractivity (Wildman–Crippen MR) is 80.6 cm³/mol. The number of amides is 1. The average molecular weight is 289 g/mol. The van der Waals surface area contributed by atoms with E-state index >= 15 is 0 Å². The van der Waals surface area contributed by atoms with Gasteiger partial charge in [-0.05, 0) is 30.2 Å². The number of hydrogen-bond donors (Lipinski definition) is 2. The SMILES string of the molecule is CCC(NC(=O)c1ccc(F)c(S)c1)c1ccccc1. The molecule has 0 fully saturated rings. The fourth-order valence-corrected chi connectivity index (χ4v) is 2.22. The van der Waals surface area contributed by atoms with E-state index in [9.17, 15) is 9.18 Å². The molecule has 0 spiro atoms. The summed E-state index contributed by atoms with van der Waals surface area (Å²) in [6.45, 7) is 2.01. The number of carbonyl (C=O) groups excluding carboxylic acids is 1. The van der Waals surface area contributed by atoms with Gasteiger partial charge < -0.3 is 5.32 Å². The Labute approximate surface area is 123 Å². The van der Waals surface area contributed by atoms with Gasteiger partial charge in [-0.3, -0.25) is 4.79 Å². The van der Waals surface area contributed by atoms with Crippen molar-refractivity contribution in [3.63, 3.8) is 0 Å². The Hall–Kier alpha value is -1.81. The molecule has 0 saturated carbocycles. The van der Waals surface area contributed by atoms with Gasteiger partial charge in [0.2, 0.25) is 0 Å². The molecule has 1 unspecified atom stereocenters. The van der Waals surface area contributed by atoms with E-state index in [2.05, 4.69) is 17.9 Å². The van der Waals surface area contributed by atoms with Crippen molar-refractivity contribution in [3.05, 3.63) is 65.5 Å². The zero-order chi connectivity index (χ0) is 14.5. The van der Waals surface area contributed by atoms with E-state index in [1.54, 1.807) is 0 Å². The number of hydrogen-bond acceptors (Lipinski definition) is 2. The molecule has 2 rings (SSSR count). The molecule has 1 atom stereocenters. The fourth-order valence-electron chi connectivity index (χ4n) is 2.00. The minimum absolute atomic E-state index is 0.0582. The highest BCUT2D eigenvalue weighted by molar-refractivity contribution is 7.80. The fraction of sp³-hybridized carbons (Fsp3) is 0.188. The minimum Gasteiger partial charge on any atom is -0.345 e. The summed E-state index contributed by atoms with van der Waals surface area (Å²) in [6, 6.07) is 13.9. The van der Waals surface area contributed by atoms with Crippen LogP contribution >= 0.6 is 12.6 Å². The van der Waals surface area contributed by atoms with Gasteiger partial charge in [0.15, 0.2) is 0 Å². The van der Waals surface area contributed by atoms with Gasteiger partial charge in [0.05, 0.1) is 6.04 Å². The molecule has 2 aromatic rings. The molecule has 2 nitrogen and oxygen atoms in total. The van der Waals surface area contributed by atoms with Crippen molar-refractivity contribution < 1.29 is 9.18 Å². The summed E-state index contributed by atoms with van der Waals surface area (Å²) in [6.07, 6.45) is 0.782. The molecule has 0 heterocycles. The normalized spacial score (nSPS) is 11.9. The molecule has 1 amide bonds. The van der Waals surface area contributed by atoms with E-state index in [0.29, 0.717) is 5.56 Å². The predicted octanol–water partition coefficient (Wildman–Crippen LogP) is 4.00. The lowest BCUT2D eigenvalue weighted by atomic mass is 10.0. The standard InChI is InChI=1S/C16H16FNOS/c1-2-14(11-6-4-3-5-7-11)18-16(19)12-8-9-13(17)15(20)10-12/h3-10,14,20H,2H2,1H3,(H,18,19). The van der Waals surface area contributed by atoms with Crippen LogP contribution < -0.4 is 5.32 Å². The highest BCUT2D eigenvalue weighted by Crippen LogP contribution is 2.18. The first-order chi connectivity index (χ1) is 9.61. The molecule has 0 bridgehead atoms. The Morgan fingerprint density at radius 1 is 1.25 bits per heavy atom. The lowest BCUT2D eigenvalue weighted by Gasteiger charge is -2.17. The van der Waals surface area contributed by atoms with E-state index in [4.69, 9.17) is 0 Å². The Kier molecular flexibility index (Phi) is 4.79. The maximum Gasteiger partial charge on any atom is 0.251 e. The van der Waals surface area contributed by atoms with Crippen LogP contribution in [0.4, 0.5) is 4.39 Å². The molecular formula is C16H16FNOS. The van der Waals surface area contributed by atoms with Crippen molar-refractivity contribution in [2.45, 2.75) is 24.3 Å². The summed E-state index contributed by atoms with van der Waals surface area (Å²) in [7, 11) is 0. The highest BCUT2D eigenvalue weighted by atomic mass is 32.1. The first-order valence-corrected chi connectivity index (χ1v) is 6.91. The van der Waals surface area contributed by atoms with Crippen LogP contribution in [0.5, 0.6) is 0 Å². The third-order valence-electron chi connectivity index (χ3n) is 3.12. The number of nitrogens with one attached hydrogen (secondary N) is 1. The summed E-state index contributed by atoms with van der Waals surface area (Å²) in [4.78, 5) is 12.4. The number of halogens is 1. The molecule has 0 aliphatic heterocycles. The van der Waals surface area contributed by atoms with Crippen molar-refractivity contribution in [1.82, 2.24) is 5.32 Å². The molecule has 0 aliphatic rings. The van der Waals surface area contributed by atoms with Crippen LogP contribution in [0, 0.1) is 5.82 Å². The molecule has 4 heteroatoms. The molecule has 0 aliphatic carbocycles. The summed E-state index contributed by atoms with van der Waals surface area (Å²) < 4.78 is 13.1. The van der Waals surface area contributed by atoms with Gasteiger partial charge in [0, 0.05) is 10.5 Å². The highest BCUT2D eigenvalue weighted by Gasteiger charge is 2.14. The molecule has 20 heavy (non-hydrogen) atoms. The van der Waals surface area contributed by atoms with Crippen LogP contribution in [0.3, 0.4) is 0 Å². The van der Waals surface area contributed by atoms with E-state index in [1.165, 1.54) is 18.2 Å². The molecular weight excluding hydrogens is 273 g/mol. The Morgan fingerprint density at radius 2 is 1.95 bits per heavy atom. The van der Waals surface area contributed by atoms with E-state index in [0.717, 1.165) is 12.0 Å². The largest absolute Gasteiger partial charge is 0.345 e. The van der Waals surface area contributed by atoms with Crippen molar-refractivity contribution >= 4 is 18.5 Å². The number of carbonyl (C=O) groups is 1. The van der Waals surface area contributed by atoms with Gasteiger partial charge in [-0.2, -0.15) is 0 Å². The number of thiol groups is 1. The minimum atomic E-state index is -0.431. The monoisotopic (exact) mass is 289 g/mol. The van der Waals surface area contributed by atoms with E-state index in [-0.39, 0.29) is 16.8 Å². The van der Waals surface area contributed by atoms with Gasteiger partial charge in [-0.1, -0.05) is 37.3 Å². The summed E-state index contributed by atoms with van der Waals surface area (Å²) in [5.74, 6) is -0.656. The molecule has 0 aromatic heterocycles. The molecule has 1 N–H and O–H groups in total. The zero-order valence-corrected chi connectivity index (χ0v) is 12.0. The Morgan fingerprint density at radius 3 is 2.55 bits per heavy atom. The smallest absolute Gasteiger partial charge is 0.251 e. The molecule has 0 saturated heterocycles. The lowest BCUT2D eigenvalue weighted by molar-refractivity contribution is 0.0935. The Bertz CT molecular complexity index is 601. The topological polar surface area (TPSA) is 29.1 Å². The first kappa shape index (κ1) is 14.6. The quantitative estimate of drug-likeness (QED) is 0.819. The second-order valence-corrected chi connectivity index (χ2v) is 4.99.